The third-order valence-corrected chi connectivity index (χ3v) is 9.88. The molecule has 2 aromatic rings. The van der Waals surface area contributed by atoms with Gasteiger partial charge in [-0.3, -0.25) is 4.79 Å². The Labute approximate surface area is 258 Å². The zero-order valence-electron chi connectivity index (χ0n) is 25.1. The van der Waals surface area contributed by atoms with Gasteiger partial charge in [0.25, 0.3) is 0 Å². The average molecular weight is 643 g/mol. The van der Waals surface area contributed by atoms with Gasteiger partial charge in [0.2, 0.25) is 0 Å². The van der Waals surface area contributed by atoms with Gasteiger partial charge in [0, 0.05) is 35.5 Å². The molecule has 4 rings (SSSR count). The minimum absolute atomic E-state index is 0.00589. The molecular formula is C31H36N3O8S2-. The highest BCUT2D eigenvalue weighted by Gasteiger charge is 2.44. The number of nitrogens with zero attached hydrogens (tertiary/aromatic N) is 3. The van der Waals surface area contributed by atoms with Gasteiger partial charge in [-0.15, -0.1) is 0 Å². The maximum atomic E-state index is 11.9. The van der Waals surface area contributed by atoms with E-state index in [0.717, 1.165) is 17.1 Å². The number of aryl methyl sites for hydroxylation is 1. The molecule has 1 unspecified atom stereocenters. The molecule has 1 aromatic heterocycles. The Balaban J connectivity index is 1.72. The number of allylic oxidation sites excluding steroid dienone is 6. The molecule has 0 bridgehead atoms. The second-order valence-corrected chi connectivity index (χ2v) is 14.7. The summed E-state index contributed by atoms with van der Waals surface area (Å²) in [6.07, 6.45) is 11.6. The summed E-state index contributed by atoms with van der Waals surface area (Å²) in [5, 5.41) is 9.27. The lowest BCUT2D eigenvalue weighted by Gasteiger charge is -2.30. The van der Waals surface area contributed by atoms with Crippen molar-refractivity contribution in [3.05, 3.63) is 83.7 Å². The highest BCUT2D eigenvalue weighted by atomic mass is 32.2. The summed E-state index contributed by atoms with van der Waals surface area (Å²) in [6, 6.07) is 8.02. The minimum Gasteiger partial charge on any atom is -0.748 e. The number of carboxylic acid groups (broad SMARTS) is 1. The summed E-state index contributed by atoms with van der Waals surface area (Å²) in [4.78, 5) is 17.5. The van der Waals surface area contributed by atoms with E-state index in [0.29, 0.717) is 23.4 Å². The lowest BCUT2D eigenvalue weighted by atomic mass is 9.77. The van der Waals surface area contributed by atoms with Crippen molar-refractivity contribution in [2.45, 2.75) is 62.2 Å². The predicted molar refractivity (Wildman–Crippen MR) is 164 cm³/mol. The maximum absolute atomic E-state index is 11.9. The van der Waals surface area contributed by atoms with Crippen LogP contribution in [0.2, 0.25) is 0 Å². The number of aromatic nitrogens is 1. The number of carboxylic acids is 1. The van der Waals surface area contributed by atoms with Gasteiger partial charge >= 0.3 is 11.8 Å². The minimum atomic E-state index is -4.78. The molecule has 0 aliphatic carbocycles. The van der Waals surface area contributed by atoms with Crippen molar-refractivity contribution >= 4 is 43.4 Å². The Bertz CT molecular complexity index is 1810. The first-order valence-electron chi connectivity index (χ1n) is 14.1. The van der Waals surface area contributed by atoms with E-state index in [1.54, 1.807) is 17.1 Å². The average Bonchev–Trinajstić information content (AvgIpc) is 3.30. The summed E-state index contributed by atoms with van der Waals surface area (Å²) in [5.74, 6) is -0.686. The molecule has 236 valence electrons. The van der Waals surface area contributed by atoms with Gasteiger partial charge in [0.05, 0.1) is 39.2 Å². The first-order chi connectivity index (χ1) is 20.4. The van der Waals surface area contributed by atoms with E-state index in [4.69, 9.17) is 4.99 Å². The largest absolute Gasteiger partial charge is 0.748 e. The molecule has 2 aliphatic rings. The van der Waals surface area contributed by atoms with Gasteiger partial charge in [0.1, 0.15) is 10.1 Å². The van der Waals surface area contributed by atoms with Crippen LogP contribution in [0.4, 0.5) is 11.5 Å². The molecule has 0 radical (unpaired) electrons. The van der Waals surface area contributed by atoms with Crippen LogP contribution >= 0.6 is 0 Å². The van der Waals surface area contributed by atoms with Crippen molar-refractivity contribution < 1.29 is 40.4 Å². The fourth-order valence-corrected chi connectivity index (χ4v) is 6.89. The van der Waals surface area contributed by atoms with Crippen LogP contribution in [-0.2, 0) is 42.9 Å². The fraction of sp³-hybridized carbons (Fsp3) is 0.387. The Morgan fingerprint density at radius 3 is 2.41 bits per heavy atom. The summed E-state index contributed by atoms with van der Waals surface area (Å²) in [7, 11) is -7.31. The molecular weight excluding hydrogens is 606 g/mol. The van der Waals surface area contributed by atoms with Crippen LogP contribution in [0.25, 0.3) is 0 Å². The fourth-order valence-electron chi connectivity index (χ4n) is 5.91. The molecule has 3 heterocycles. The van der Waals surface area contributed by atoms with Gasteiger partial charge in [-0.1, -0.05) is 18.2 Å². The van der Waals surface area contributed by atoms with E-state index in [1.807, 2.05) is 49.0 Å². The first-order valence-corrected chi connectivity index (χ1v) is 17.1. The number of fused-ring (bicyclic) bond motifs is 2. The Morgan fingerprint density at radius 2 is 1.77 bits per heavy atom. The van der Waals surface area contributed by atoms with E-state index in [-0.39, 0.29) is 31.2 Å². The second-order valence-electron chi connectivity index (χ2n) is 11.8. The number of carbonyl (C=O) groups is 1. The molecule has 0 fully saturated rings. The molecule has 0 spiro atoms. The van der Waals surface area contributed by atoms with Crippen LogP contribution in [0.5, 0.6) is 0 Å². The molecule has 0 amide bonds. The Hall–Kier alpha value is -3.65. The Kier molecular flexibility index (Phi) is 9.36. The smallest absolute Gasteiger partial charge is 0.327 e. The number of benzene rings is 1. The highest BCUT2D eigenvalue weighted by Crippen LogP contribution is 2.51. The number of pyridine rings is 1. The third kappa shape index (κ3) is 7.01. The second kappa shape index (κ2) is 12.4. The lowest BCUT2D eigenvalue weighted by molar-refractivity contribution is -0.658. The third-order valence-electron chi connectivity index (χ3n) is 8.26. The van der Waals surface area contributed by atoms with Crippen molar-refractivity contribution in [1.82, 2.24) is 0 Å². The standard InChI is InChI=1S/C31H37N3O8S2/c1-30(2)23-11-9-18-33(4)29(23)32-26(30)12-6-5-7-13-27-31(3,17-8-14-28(35)36)24-21-22(44(40,41)42)15-16-25(24)34(27)19-10-20-43(37,38)39/h5-7,9,11-13,15-16,18,21H,8,10,14,17,19-20H2,1-4H3,(H2-,35,36,37,38,39,40,41,42)/p-1. The summed E-state index contributed by atoms with van der Waals surface area (Å²) >= 11 is 0. The van der Waals surface area contributed by atoms with E-state index in [2.05, 4.69) is 19.9 Å². The van der Waals surface area contributed by atoms with Crippen molar-refractivity contribution in [2.75, 3.05) is 17.2 Å². The highest BCUT2D eigenvalue weighted by molar-refractivity contribution is 7.86. The van der Waals surface area contributed by atoms with Gasteiger partial charge < -0.3 is 19.1 Å². The van der Waals surface area contributed by atoms with Crippen LogP contribution < -0.4 is 9.47 Å². The van der Waals surface area contributed by atoms with Crippen molar-refractivity contribution in [3.63, 3.8) is 0 Å². The maximum Gasteiger partial charge on any atom is 0.327 e. The summed E-state index contributed by atoms with van der Waals surface area (Å²) in [6.45, 7) is 6.16. The van der Waals surface area contributed by atoms with Gasteiger partial charge in [-0.05, 0) is 93.1 Å². The Morgan fingerprint density at radius 1 is 1.05 bits per heavy atom. The van der Waals surface area contributed by atoms with E-state index in [9.17, 15) is 35.8 Å². The molecule has 44 heavy (non-hydrogen) atoms. The quantitative estimate of drug-likeness (QED) is 0.206. The lowest BCUT2D eigenvalue weighted by Crippen LogP contribution is -2.30. The number of hydrogen-bond acceptors (Lipinski definition) is 9. The number of rotatable bonds is 12. The predicted octanol–water partition coefficient (Wildman–Crippen LogP) is 3.74. The van der Waals surface area contributed by atoms with Gasteiger partial charge in [-0.2, -0.15) is 0 Å². The van der Waals surface area contributed by atoms with Gasteiger partial charge in [0.15, 0.2) is 5.71 Å². The number of aliphatic imine (C=N–C) groups is 1. The van der Waals surface area contributed by atoms with E-state index < -0.39 is 42.3 Å². The van der Waals surface area contributed by atoms with Crippen LogP contribution in [0.15, 0.2) is 82.5 Å². The van der Waals surface area contributed by atoms with Gasteiger partial charge in [-0.25, -0.2) is 21.4 Å². The van der Waals surface area contributed by atoms with Crippen LogP contribution in [0, 0.1) is 0 Å². The number of aliphatic carboxylic acids is 1. The van der Waals surface area contributed by atoms with E-state index >= 15 is 0 Å². The summed E-state index contributed by atoms with van der Waals surface area (Å²) < 4.78 is 71.6. The molecule has 0 saturated heterocycles. The first kappa shape index (κ1) is 33.2. The summed E-state index contributed by atoms with van der Waals surface area (Å²) in [5.41, 5.74) is 2.50. The topological polar surface area (TPSA) is 171 Å². The zero-order chi connectivity index (χ0) is 32.5. The van der Waals surface area contributed by atoms with Crippen molar-refractivity contribution in [2.24, 2.45) is 12.0 Å². The molecule has 1 aromatic carbocycles. The van der Waals surface area contributed by atoms with Crippen LogP contribution in [0.3, 0.4) is 0 Å². The molecule has 1 atom stereocenters. The number of hydrogen-bond donors (Lipinski definition) is 1. The molecule has 11 nitrogen and oxygen atoms in total. The van der Waals surface area contributed by atoms with Crippen LogP contribution in [-0.4, -0.2) is 55.0 Å². The SMILES string of the molecule is C[n+]1cccc2c1N=C(/C=C/C=C/C=C1\N(CCCS(=O)(=O)[O-])c3ccc(S(=O)(=O)[O-])cc3C1(C)CCCC(=O)O)C2(C)C. The molecule has 1 N–H and O–H groups in total. The van der Waals surface area contributed by atoms with E-state index in [1.165, 1.54) is 18.2 Å². The molecule has 13 heteroatoms. The molecule has 2 aliphatic heterocycles. The zero-order valence-corrected chi connectivity index (χ0v) is 26.7. The molecule has 0 saturated carbocycles. The number of anilines is 1. The monoisotopic (exact) mass is 642 g/mol. The van der Waals surface area contributed by atoms with Crippen molar-refractivity contribution in [1.29, 1.82) is 0 Å². The normalized spacial score (nSPS) is 20.5. The van der Waals surface area contributed by atoms with Crippen LogP contribution in [0.1, 0.15) is 57.6 Å². The van der Waals surface area contributed by atoms with Crippen molar-refractivity contribution in [3.8, 4) is 0 Å².